The van der Waals surface area contributed by atoms with Crippen molar-refractivity contribution in [1.29, 1.82) is 5.26 Å². The topological polar surface area (TPSA) is 53.6 Å². The van der Waals surface area contributed by atoms with E-state index in [4.69, 9.17) is 5.26 Å². The predicted octanol–water partition coefficient (Wildman–Crippen LogP) is 2.72. The first-order chi connectivity index (χ1) is 9.86. The summed E-state index contributed by atoms with van der Waals surface area (Å²) in [5.74, 6) is 0. The Morgan fingerprint density at radius 3 is 2.80 bits per heavy atom. The highest BCUT2D eigenvalue weighted by molar-refractivity contribution is 5.62. The van der Waals surface area contributed by atoms with E-state index in [1.165, 1.54) is 18.4 Å². The van der Waals surface area contributed by atoms with Crippen molar-refractivity contribution in [2.24, 2.45) is 0 Å². The van der Waals surface area contributed by atoms with E-state index in [0.29, 0.717) is 19.0 Å². The average molecular weight is 266 g/mol. The van der Waals surface area contributed by atoms with Gasteiger partial charge in [-0.1, -0.05) is 30.3 Å². The van der Waals surface area contributed by atoms with Gasteiger partial charge in [-0.05, 0) is 12.8 Å². The van der Waals surface area contributed by atoms with E-state index < -0.39 is 0 Å². The number of aromatic nitrogens is 2. The van der Waals surface area contributed by atoms with Crippen LogP contribution in [0, 0.1) is 11.3 Å². The summed E-state index contributed by atoms with van der Waals surface area (Å²) in [6, 6.07) is 13.1. The number of nitrogens with zero attached hydrogens (tertiary/aromatic N) is 3. The van der Waals surface area contributed by atoms with Crippen LogP contribution < -0.4 is 5.32 Å². The molecular formula is C16H18N4. The Kier molecular flexibility index (Phi) is 3.80. The fourth-order valence-corrected chi connectivity index (χ4v) is 2.25. The zero-order valence-corrected chi connectivity index (χ0v) is 11.4. The van der Waals surface area contributed by atoms with Crippen molar-refractivity contribution in [2.45, 2.75) is 38.4 Å². The number of hydrogen-bond donors (Lipinski definition) is 1. The summed E-state index contributed by atoms with van der Waals surface area (Å²) >= 11 is 0. The summed E-state index contributed by atoms with van der Waals surface area (Å²) in [7, 11) is 0. The van der Waals surface area contributed by atoms with Crippen molar-refractivity contribution >= 4 is 0 Å². The molecule has 1 aromatic heterocycles. The zero-order valence-electron chi connectivity index (χ0n) is 11.4. The van der Waals surface area contributed by atoms with E-state index >= 15 is 0 Å². The second-order valence-corrected chi connectivity index (χ2v) is 5.20. The maximum absolute atomic E-state index is 8.70. The molecule has 2 aromatic rings. The molecule has 0 spiro atoms. The summed E-state index contributed by atoms with van der Waals surface area (Å²) in [5.41, 5.74) is 3.37. The molecule has 20 heavy (non-hydrogen) atoms. The van der Waals surface area contributed by atoms with E-state index in [1.54, 1.807) is 0 Å². The highest BCUT2D eigenvalue weighted by atomic mass is 15.3. The molecule has 0 saturated heterocycles. The van der Waals surface area contributed by atoms with Crippen LogP contribution in [-0.4, -0.2) is 15.8 Å². The highest BCUT2D eigenvalue weighted by Crippen LogP contribution is 2.24. The lowest BCUT2D eigenvalue weighted by atomic mass is 10.1. The molecule has 0 unspecified atom stereocenters. The third kappa shape index (κ3) is 3.06. The van der Waals surface area contributed by atoms with Gasteiger partial charge in [0.05, 0.1) is 24.7 Å². The highest BCUT2D eigenvalue weighted by Gasteiger charge is 2.21. The molecule has 1 aromatic carbocycles. The maximum Gasteiger partial charge on any atom is 0.0968 e. The first kappa shape index (κ1) is 12.9. The largest absolute Gasteiger partial charge is 0.310 e. The summed E-state index contributed by atoms with van der Waals surface area (Å²) in [6.45, 7) is 1.50. The van der Waals surface area contributed by atoms with Crippen molar-refractivity contribution in [2.75, 3.05) is 0 Å². The van der Waals surface area contributed by atoms with E-state index in [-0.39, 0.29) is 0 Å². The number of nitrogens with one attached hydrogen (secondary N) is 1. The maximum atomic E-state index is 8.70. The molecule has 0 amide bonds. The summed E-state index contributed by atoms with van der Waals surface area (Å²) in [5, 5.41) is 16.9. The van der Waals surface area contributed by atoms with Crippen molar-refractivity contribution in [3.8, 4) is 17.3 Å². The second-order valence-electron chi connectivity index (χ2n) is 5.20. The summed E-state index contributed by atoms with van der Waals surface area (Å²) in [6.07, 6.45) is 5.12. The molecule has 102 valence electrons. The monoisotopic (exact) mass is 266 g/mol. The fraction of sp³-hybridized carbons (Fsp3) is 0.375. The zero-order chi connectivity index (χ0) is 13.8. The van der Waals surface area contributed by atoms with E-state index in [1.807, 2.05) is 22.9 Å². The smallest absolute Gasteiger partial charge is 0.0968 e. The first-order valence-electron chi connectivity index (χ1n) is 7.09. The Balaban J connectivity index is 1.84. The molecule has 0 atom stereocenters. The second kappa shape index (κ2) is 5.89. The van der Waals surface area contributed by atoms with Crippen LogP contribution in [0.5, 0.6) is 0 Å². The lowest BCUT2D eigenvalue weighted by molar-refractivity contribution is 0.626. The Bertz CT molecular complexity index is 605. The van der Waals surface area contributed by atoms with Gasteiger partial charge in [-0.15, -0.1) is 0 Å². The lowest BCUT2D eigenvalue weighted by Gasteiger charge is -2.03. The molecule has 0 bridgehead atoms. The van der Waals surface area contributed by atoms with Crippen LogP contribution in [0.25, 0.3) is 11.3 Å². The predicted molar refractivity (Wildman–Crippen MR) is 77.8 cm³/mol. The third-order valence-corrected chi connectivity index (χ3v) is 3.50. The van der Waals surface area contributed by atoms with Crippen LogP contribution in [-0.2, 0) is 13.1 Å². The van der Waals surface area contributed by atoms with Gasteiger partial charge in [-0.3, -0.25) is 4.68 Å². The minimum atomic E-state index is 0.491. The average Bonchev–Trinajstić information content (AvgIpc) is 3.23. The number of aryl methyl sites for hydroxylation is 1. The molecule has 0 aliphatic heterocycles. The fourth-order valence-electron chi connectivity index (χ4n) is 2.25. The van der Waals surface area contributed by atoms with Gasteiger partial charge < -0.3 is 5.32 Å². The first-order valence-corrected chi connectivity index (χ1v) is 7.09. The van der Waals surface area contributed by atoms with Crippen LogP contribution in [0.3, 0.4) is 0 Å². The Hall–Kier alpha value is -2.12. The minimum absolute atomic E-state index is 0.491. The van der Waals surface area contributed by atoms with Gasteiger partial charge in [0.2, 0.25) is 0 Å². The number of hydrogen-bond acceptors (Lipinski definition) is 3. The molecule has 1 heterocycles. The van der Waals surface area contributed by atoms with Crippen LogP contribution in [0.2, 0.25) is 0 Å². The molecule has 1 N–H and O–H groups in total. The SMILES string of the molecule is N#CCCn1cc(CNC2CC2)c(-c2ccccc2)n1. The molecule has 1 saturated carbocycles. The van der Waals surface area contributed by atoms with Crippen LogP contribution in [0.4, 0.5) is 0 Å². The number of benzene rings is 1. The van der Waals surface area contributed by atoms with Crippen LogP contribution >= 0.6 is 0 Å². The van der Waals surface area contributed by atoms with Gasteiger partial charge in [0.15, 0.2) is 0 Å². The molecule has 1 aliphatic rings. The minimum Gasteiger partial charge on any atom is -0.310 e. The van der Waals surface area contributed by atoms with Crippen molar-refractivity contribution < 1.29 is 0 Å². The van der Waals surface area contributed by atoms with E-state index in [2.05, 4.69) is 34.8 Å². The van der Waals surface area contributed by atoms with Crippen molar-refractivity contribution in [3.05, 3.63) is 42.1 Å². The van der Waals surface area contributed by atoms with Gasteiger partial charge in [-0.25, -0.2) is 0 Å². The van der Waals surface area contributed by atoms with Crippen LogP contribution in [0.1, 0.15) is 24.8 Å². The third-order valence-electron chi connectivity index (χ3n) is 3.50. The van der Waals surface area contributed by atoms with Gasteiger partial charge in [0.25, 0.3) is 0 Å². The van der Waals surface area contributed by atoms with Gasteiger partial charge in [0.1, 0.15) is 0 Å². The molecule has 3 rings (SSSR count). The molecule has 1 fully saturated rings. The summed E-state index contributed by atoms with van der Waals surface area (Å²) < 4.78 is 1.88. The number of rotatable bonds is 6. The van der Waals surface area contributed by atoms with Gasteiger partial charge >= 0.3 is 0 Å². The lowest BCUT2D eigenvalue weighted by Crippen LogP contribution is -2.15. The molecule has 0 radical (unpaired) electrons. The van der Waals surface area contributed by atoms with Gasteiger partial charge in [-0.2, -0.15) is 10.4 Å². The molecule has 4 heteroatoms. The quantitative estimate of drug-likeness (QED) is 0.874. The van der Waals surface area contributed by atoms with Crippen molar-refractivity contribution in [1.82, 2.24) is 15.1 Å². The number of nitriles is 1. The molecule has 4 nitrogen and oxygen atoms in total. The normalized spacial score (nSPS) is 14.2. The standard InChI is InChI=1S/C16H18N4/c17-9-4-10-20-12-14(11-18-15-7-8-15)16(19-20)13-5-2-1-3-6-13/h1-3,5-6,12,15,18H,4,7-8,10-11H2. The van der Waals surface area contributed by atoms with Crippen molar-refractivity contribution in [3.63, 3.8) is 0 Å². The summed E-state index contributed by atoms with van der Waals surface area (Å²) in [4.78, 5) is 0. The van der Waals surface area contributed by atoms with E-state index in [0.717, 1.165) is 17.8 Å². The Morgan fingerprint density at radius 1 is 1.30 bits per heavy atom. The Morgan fingerprint density at radius 2 is 2.10 bits per heavy atom. The van der Waals surface area contributed by atoms with E-state index in [9.17, 15) is 0 Å². The molecular weight excluding hydrogens is 248 g/mol. The molecule has 1 aliphatic carbocycles. The van der Waals surface area contributed by atoms with Crippen LogP contribution in [0.15, 0.2) is 36.5 Å². The Labute approximate surface area is 119 Å². The van der Waals surface area contributed by atoms with Gasteiger partial charge in [0, 0.05) is 29.9 Å².